The van der Waals surface area contributed by atoms with E-state index in [-0.39, 0.29) is 12.5 Å². The van der Waals surface area contributed by atoms with Gasteiger partial charge in [-0.15, -0.1) is 10.2 Å². The van der Waals surface area contributed by atoms with Crippen LogP contribution in [-0.2, 0) is 11.3 Å². The lowest BCUT2D eigenvalue weighted by Crippen LogP contribution is -2.21. The van der Waals surface area contributed by atoms with Gasteiger partial charge < -0.3 is 10.1 Å². The molecule has 3 aromatic rings. The van der Waals surface area contributed by atoms with E-state index in [9.17, 15) is 4.79 Å². The third-order valence-corrected chi connectivity index (χ3v) is 3.91. The number of aryl methyl sites for hydroxylation is 2. The number of rotatable bonds is 6. The smallest absolute Gasteiger partial charge is 0.248 e. The number of benzene rings is 2. The average Bonchev–Trinajstić information content (AvgIpc) is 3.08. The molecule has 1 heterocycles. The van der Waals surface area contributed by atoms with Crippen molar-refractivity contribution in [3.63, 3.8) is 0 Å². The van der Waals surface area contributed by atoms with Gasteiger partial charge in [-0.3, -0.25) is 4.79 Å². The maximum absolute atomic E-state index is 12.3. The molecule has 0 atom stereocenters. The van der Waals surface area contributed by atoms with Crippen molar-refractivity contribution in [1.82, 2.24) is 20.2 Å². The molecule has 0 saturated heterocycles. The number of aromatic nitrogens is 4. The number of anilines is 1. The summed E-state index contributed by atoms with van der Waals surface area (Å²) in [7, 11) is 0. The number of amides is 1. The van der Waals surface area contributed by atoms with Crippen molar-refractivity contribution in [3.8, 4) is 17.1 Å². The van der Waals surface area contributed by atoms with Crippen molar-refractivity contribution >= 4 is 11.6 Å². The van der Waals surface area contributed by atoms with Crippen molar-refractivity contribution in [2.24, 2.45) is 0 Å². The van der Waals surface area contributed by atoms with Gasteiger partial charge >= 0.3 is 0 Å². The zero-order valence-corrected chi connectivity index (χ0v) is 15.1. The minimum atomic E-state index is -0.196. The Morgan fingerprint density at radius 3 is 2.46 bits per heavy atom. The van der Waals surface area contributed by atoms with Gasteiger partial charge in [-0.1, -0.05) is 18.2 Å². The second kappa shape index (κ2) is 7.77. The molecule has 0 bridgehead atoms. The first-order valence-electron chi connectivity index (χ1n) is 8.44. The molecular weight excluding hydrogens is 330 g/mol. The predicted molar refractivity (Wildman–Crippen MR) is 99.0 cm³/mol. The quantitative estimate of drug-likeness (QED) is 0.738. The molecule has 1 amide bonds. The summed E-state index contributed by atoms with van der Waals surface area (Å²) in [6.45, 7) is 6.46. The van der Waals surface area contributed by atoms with E-state index in [1.54, 1.807) is 0 Å². The Bertz CT molecular complexity index is 882. The van der Waals surface area contributed by atoms with E-state index in [0.717, 1.165) is 28.1 Å². The second-order valence-electron chi connectivity index (χ2n) is 5.92. The Morgan fingerprint density at radius 2 is 1.81 bits per heavy atom. The van der Waals surface area contributed by atoms with E-state index in [4.69, 9.17) is 4.74 Å². The summed E-state index contributed by atoms with van der Waals surface area (Å²) >= 11 is 0. The number of hydrogen-bond acceptors (Lipinski definition) is 5. The largest absolute Gasteiger partial charge is 0.494 e. The third-order valence-electron chi connectivity index (χ3n) is 3.91. The van der Waals surface area contributed by atoms with E-state index in [0.29, 0.717) is 12.4 Å². The van der Waals surface area contributed by atoms with Gasteiger partial charge in [-0.05, 0) is 61.4 Å². The summed E-state index contributed by atoms with van der Waals surface area (Å²) < 4.78 is 5.42. The second-order valence-corrected chi connectivity index (χ2v) is 5.92. The maximum atomic E-state index is 12.3. The zero-order chi connectivity index (χ0) is 18.5. The van der Waals surface area contributed by atoms with Gasteiger partial charge in [0, 0.05) is 11.3 Å². The summed E-state index contributed by atoms with van der Waals surface area (Å²) in [6.07, 6.45) is 0. The molecule has 134 valence electrons. The van der Waals surface area contributed by atoms with Crippen LogP contribution in [-0.4, -0.2) is 32.7 Å². The van der Waals surface area contributed by atoms with Crippen LogP contribution < -0.4 is 10.1 Å². The normalized spacial score (nSPS) is 10.6. The standard InChI is InChI=1S/C19H21N5O2/c1-4-26-16-10-8-15(9-11-16)19-21-23-24(22-19)12-17(25)20-18-13(2)6-5-7-14(18)3/h5-11H,4,12H2,1-3H3,(H,20,25). The summed E-state index contributed by atoms with van der Waals surface area (Å²) in [6, 6.07) is 13.3. The average molecular weight is 351 g/mol. The first-order valence-corrected chi connectivity index (χ1v) is 8.44. The molecule has 0 saturated carbocycles. The molecule has 1 N–H and O–H groups in total. The van der Waals surface area contributed by atoms with E-state index >= 15 is 0 Å². The third kappa shape index (κ3) is 4.05. The molecule has 0 radical (unpaired) electrons. The van der Waals surface area contributed by atoms with Gasteiger partial charge in [0.25, 0.3) is 0 Å². The fourth-order valence-electron chi connectivity index (χ4n) is 2.61. The van der Waals surface area contributed by atoms with Crippen LogP contribution in [0, 0.1) is 13.8 Å². The Morgan fingerprint density at radius 1 is 1.12 bits per heavy atom. The van der Waals surface area contributed by atoms with E-state index in [2.05, 4.69) is 20.7 Å². The van der Waals surface area contributed by atoms with Crippen molar-refractivity contribution in [3.05, 3.63) is 53.6 Å². The summed E-state index contributed by atoms with van der Waals surface area (Å²) in [4.78, 5) is 13.6. The lowest BCUT2D eigenvalue weighted by atomic mass is 10.1. The van der Waals surface area contributed by atoms with Gasteiger partial charge in [0.2, 0.25) is 11.7 Å². The number of tetrazole rings is 1. The molecule has 7 nitrogen and oxygen atoms in total. The molecule has 0 aliphatic heterocycles. The van der Waals surface area contributed by atoms with Crippen molar-refractivity contribution in [2.45, 2.75) is 27.3 Å². The van der Waals surface area contributed by atoms with Crippen LogP contribution in [0.1, 0.15) is 18.1 Å². The number of para-hydroxylation sites is 1. The van der Waals surface area contributed by atoms with Gasteiger partial charge in [0.1, 0.15) is 12.3 Å². The van der Waals surface area contributed by atoms with E-state index in [1.165, 1.54) is 4.80 Å². The maximum Gasteiger partial charge on any atom is 0.248 e. The predicted octanol–water partition coefficient (Wildman–Crippen LogP) is 2.99. The molecule has 1 aromatic heterocycles. The summed E-state index contributed by atoms with van der Waals surface area (Å²) in [5.41, 5.74) is 3.67. The Kier molecular flexibility index (Phi) is 5.26. The van der Waals surface area contributed by atoms with Gasteiger partial charge in [-0.25, -0.2) is 0 Å². The Hall–Kier alpha value is -3.22. The Balaban J connectivity index is 1.67. The van der Waals surface area contributed by atoms with Crippen LogP contribution in [0.5, 0.6) is 5.75 Å². The van der Waals surface area contributed by atoms with Gasteiger partial charge in [0.05, 0.1) is 6.61 Å². The topological polar surface area (TPSA) is 81.9 Å². The molecular formula is C19H21N5O2. The van der Waals surface area contributed by atoms with Crippen molar-refractivity contribution in [2.75, 3.05) is 11.9 Å². The highest BCUT2D eigenvalue weighted by molar-refractivity contribution is 5.92. The molecule has 0 aliphatic rings. The molecule has 0 aliphatic carbocycles. The fraction of sp³-hybridized carbons (Fsp3) is 0.263. The first kappa shape index (κ1) is 17.6. The molecule has 7 heteroatoms. The van der Waals surface area contributed by atoms with Crippen LogP contribution in [0.2, 0.25) is 0 Å². The number of hydrogen-bond donors (Lipinski definition) is 1. The molecule has 0 spiro atoms. The molecule has 26 heavy (non-hydrogen) atoms. The minimum absolute atomic E-state index is 0.00218. The summed E-state index contributed by atoms with van der Waals surface area (Å²) in [5, 5.41) is 15.2. The SMILES string of the molecule is CCOc1ccc(-c2nnn(CC(=O)Nc3c(C)cccc3C)n2)cc1. The highest BCUT2D eigenvalue weighted by Gasteiger charge is 2.11. The van der Waals surface area contributed by atoms with E-state index < -0.39 is 0 Å². The lowest BCUT2D eigenvalue weighted by molar-refractivity contribution is -0.117. The van der Waals surface area contributed by atoms with Crippen LogP contribution in [0.4, 0.5) is 5.69 Å². The molecule has 3 rings (SSSR count). The zero-order valence-electron chi connectivity index (χ0n) is 15.1. The number of nitrogens with one attached hydrogen (secondary N) is 1. The number of ether oxygens (including phenoxy) is 1. The highest BCUT2D eigenvalue weighted by Crippen LogP contribution is 2.20. The highest BCUT2D eigenvalue weighted by atomic mass is 16.5. The van der Waals surface area contributed by atoms with Crippen LogP contribution in [0.15, 0.2) is 42.5 Å². The van der Waals surface area contributed by atoms with Crippen LogP contribution in [0.3, 0.4) is 0 Å². The summed E-state index contributed by atoms with van der Waals surface area (Å²) in [5.74, 6) is 1.06. The minimum Gasteiger partial charge on any atom is -0.494 e. The monoisotopic (exact) mass is 351 g/mol. The van der Waals surface area contributed by atoms with Crippen LogP contribution >= 0.6 is 0 Å². The van der Waals surface area contributed by atoms with Gasteiger partial charge in [-0.2, -0.15) is 4.80 Å². The fourth-order valence-corrected chi connectivity index (χ4v) is 2.61. The number of carbonyl (C=O) groups is 1. The van der Waals surface area contributed by atoms with Crippen molar-refractivity contribution < 1.29 is 9.53 Å². The first-order chi connectivity index (χ1) is 12.6. The molecule has 2 aromatic carbocycles. The van der Waals surface area contributed by atoms with Crippen LogP contribution in [0.25, 0.3) is 11.4 Å². The molecule has 0 fully saturated rings. The lowest BCUT2D eigenvalue weighted by Gasteiger charge is -2.10. The molecule has 0 unspecified atom stereocenters. The Labute approximate surface area is 152 Å². The van der Waals surface area contributed by atoms with Gasteiger partial charge in [0.15, 0.2) is 0 Å². The number of nitrogens with zero attached hydrogens (tertiary/aromatic N) is 4. The van der Waals surface area contributed by atoms with Crippen molar-refractivity contribution in [1.29, 1.82) is 0 Å². The van der Waals surface area contributed by atoms with E-state index in [1.807, 2.05) is 63.2 Å². The number of carbonyl (C=O) groups excluding carboxylic acids is 1.